The van der Waals surface area contributed by atoms with Crippen LogP contribution in [-0.4, -0.2) is 56.2 Å². The zero-order chi connectivity index (χ0) is 32.4. The Morgan fingerprint density at radius 1 is 0.795 bits per heavy atom. The lowest BCUT2D eigenvalue weighted by Crippen LogP contribution is -2.68. The molecule has 0 radical (unpaired) electrons. The SMILES string of the molecule is CC(C)N(CC[C@@H](CNC(=O)OC(C)(C)C)O[Si](c1ccccc1)(c1ccccc1)C(C)(C)C)C(=O)OCc1ccccc1. The lowest BCUT2D eigenvalue weighted by atomic mass is 10.2. The summed E-state index contributed by atoms with van der Waals surface area (Å²) in [6, 6.07) is 30.3. The van der Waals surface area contributed by atoms with Crippen LogP contribution < -0.4 is 15.7 Å². The Balaban J connectivity index is 1.94. The fourth-order valence-electron chi connectivity index (χ4n) is 5.30. The van der Waals surface area contributed by atoms with Gasteiger partial charge in [-0.2, -0.15) is 0 Å². The molecule has 0 saturated heterocycles. The molecule has 8 heteroatoms. The molecule has 7 nitrogen and oxygen atoms in total. The summed E-state index contributed by atoms with van der Waals surface area (Å²) in [6.07, 6.45) is -0.819. The molecule has 3 aromatic rings. The average Bonchev–Trinajstić information content (AvgIpc) is 2.97. The quantitative estimate of drug-likeness (QED) is 0.224. The van der Waals surface area contributed by atoms with E-state index in [1.54, 1.807) is 4.90 Å². The molecule has 0 aliphatic heterocycles. The van der Waals surface area contributed by atoms with Gasteiger partial charge in [-0.05, 0) is 62.0 Å². The lowest BCUT2D eigenvalue weighted by Gasteiger charge is -2.45. The second-order valence-corrected chi connectivity index (χ2v) is 17.7. The second kappa shape index (κ2) is 15.4. The first-order valence-electron chi connectivity index (χ1n) is 15.5. The van der Waals surface area contributed by atoms with Crippen LogP contribution in [0.5, 0.6) is 0 Å². The van der Waals surface area contributed by atoms with E-state index in [1.165, 1.54) is 0 Å². The monoisotopic (exact) mass is 618 g/mol. The molecule has 0 fully saturated rings. The highest BCUT2D eigenvalue weighted by molar-refractivity contribution is 6.99. The summed E-state index contributed by atoms with van der Waals surface area (Å²) in [5, 5.41) is 4.97. The molecule has 1 atom stereocenters. The number of hydrogen-bond acceptors (Lipinski definition) is 5. The molecule has 238 valence electrons. The number of ether oxygens (including phenoxy) is 2. The second-order valence-electron chi connectivity index (χ2n) is 13.4. The van der Waals surface area contributed by atoms with E-state index in [1.807, 2.05) is 101 Å². The van der Waals surface area contributed by atoms with E-state index in [4.69, 9.17) is 13.9 Å². The Kier molecular flexibility index (Phi) is 12.2. The molecule has 0 aromatic heterocycles. The Labute approximate surface area is 265 Å². The van der Waals surface area contributed by atoms with Gasteiger partial charge in [0.1, 0.15) is 12.2 Å². The molecule has 3 rings (SSSR count). The number of alkyl carbamates (subject to hydrolysis) is 1. The van der Waals surface area contributed by atoms with Crippen LogP contribution in [0.4, 0.5) is 9.59 Å². The van der Waals surface area contributed by atoms with Gasteiger partial charge in [0.2, 0.25) is 0 Å². The van der Waals surface area contributed by atoms with Crippen LogP contribution in [0, 0.1) is 0 Å². The molecule has 0 saturated carbocycles. The highest BCUT2D eigenvalue weighted by atomic mass is 28.4. The van der Waals surface area contributed by atoms with Gasteiger partial charge in [-0.15, -0.1) is 0 Å². The van der Waals surface area contributed by atoms with Gasteiger partial charge < -0.3 is 24.1 Å². The third-order valence-corrected chi connectivity index (χ3v) is 12.5. The molecule has 44 heavy (non-hydrogen) atoms. The topological polar surface area (TPSA) is 77.1 Å². The van der Waals surface area contributed by atoms with E-state index in [-0.39, 0.29) is 30.3 Å². The fourth-order valence-corrected chi connectivity index (χ4v) is 10.0. The van der Waals surface area contributed by atoms with Crippen LogP contribution in [0.3, 0.4) is 0 Å². The molecule has 0 spiro atoms. The normalized spacial score (nSPS) is 12.8. The molecule has 0 aliphatic rings. The summed E-state index contributed by atoms with van der Waals surface area (Å²) in [5.74, 6) is 0. The van der Waals surface area contributed by atoms with Crippen molar-refractivity contribution >= 4 is 30.9 Å². The third kappa shape index (κ3) is 9.69. The van der Waals surface area contributed by atoms with E-state index in [2.05, 4.69) is 50.4 Å². The van der Waals surface area contributed by atoms with Crippen molar-refractivity contribution in [2.75, 3.05) is 13.1 Å². The number of carbonyl (C=O) groups is 2. The summed E-state index contributed by atoms with van der Waals surface area (Å²) in [5.41, 5.74) is 0.300. The zero-order valence-electron chi connectivity index (χ0n) is 27.6. The molecule has 0 bridgehead atoms. The Bertz CT molecular complexity index is 1270. The average molecular weight is 619 g/mol. The third-order valence-electron chi connectivity index (χ3n) is 7.39. The van der Waals surface area contributed by atoms with Crippen LogP contribution in [-0.2, 0) is 20.5 Å². The smallest absolute Gasteiger partial charge is 0.410 e. The maximum Gasteiger partial charge on any atom is 0.410 e. The van der Waals surface area contributed by atoms with Crippen LogP contribution in [0.25, 0.3) is 0 Å². The van der Waals surface area contributed by atoms with Crippen molar-refractivity contribution in [3.05, 3.63) is 96.6 Å². The van der Waals surface area contributed by atoms with Gasteiger partial charge in [0.25, 0.3) is 8.32 Å². The number of nitrogens with one attached hydrogen (secondary N) is 1. The van der Waals surface area contributed by atoms with Gasteiger partial charge in [0.15, 0.2) is 0 Å². The van der Waals surface area contributed by atoms with Crippen molar-refractivity contribution in [3.8, 4) is 0 Å². The van der Waals surface area contributed by atoms with Gasteiger partial charge in [0.05, 0.1) is 6.10 Å². The Morgan fingerprint density at radius 2 is 1.30 bits per heavy atom. The minimum Gasteiger partial charge on any atom is -0.445 e. The van der Waals surface area contributed by atoms with Gasteiger partial charge in [-0.25, -0.2) is 9.59 Å². The maximum absolute atomic E-state index is 13.3. The minimum atomic E-state index is -2.94. The number of carbonyl (C=O) groups excluding carboxylic acids is 2. The maximum atomic E-state index is 13.3. The predicted octanol–water partition coefficient (Wildman–Crippen LogP) is 6.89. The summed E-state index contributed by atoms with van der Waals surface area (Å²) in [7, 11) is -2.94. The molecular formula is C36H50N2O5Si. The van der Waals surface area contributed by atoms with Crippen LogP contribution in [0.1, 0.15) is 67.4 Å². The summed E-state index contributed by atoms with van der Waals surface area (Å²) >= 11 is 0. The van der Waals surface area contributed by atoms with E-state index >= 15 is 0 Å². The van der Waals surface area contributed by atoms with Gasteiger partial charge in [-0.1, -0.05) is 112 Å². The molecule has 1 N–H and O–H groups in total. The van der Waals surface area contributed by atoms with Crippen molar-refractivity contribution in [1.29, 1.82) is 0 Å². The van der Waals surface area contributed by atoms with Crippen LogP contribution >= 0.6 is 0 Å². The van der Waals surface area contributed by atoms with E-state index < -0.39 is 26.1 Å². The molecule has 0 unspecified atom stereocenters. The van der Waals surface area contributed by atoms with Crippen molar-refractivity contribution in [2.45, 2.75) is 91.2 Å². The number of benzene rings is 3. The van der Waals surface area contributed by atoms with Crippen molar-refractivity contribution in [2.24, 2.45) is 0 Å². The minimum absolute atomic E-state index is 0.0920. The summed E-state index contributed by atoms with van der Waals surface area (Å²) in [4.78, 5) is 27.8. The van der Waals surface area contributed by atoms with E-state index in [0.29, 0.717) is 13.0 Å². The zero-order valence-corrected chi connectivity index (χ0v) is 28.6. The number of amides is 2. The first-order chi connectivity index (χ1) is 20.7. The van der Waals surface area contributed by atoms with Crippen molar-refractivity contribution in [3.63, 3.8) is 0 Å². The largest absolute Gasteiger partial charge is 0.445 e. The first kappa shape index (κ1) is 34.9. The highest BCUT2D eigenvalue weighted by Gasteiger charge is 2.51. The van der Waals surface area contributed by atoms with Gasteiger partial charge in [0, 0.05) is 19.1 Å². The molecule has 2 amide bonds. The van der Waals surface area contributed by atoms with Crippen molar-refractivity contribution < 1.29 is 23.5 Å². The highest BCUT2D eigenvalue weighted by Crippen LogP contribution is 2.38. The van der Waals surface area contributed by atoms with Gasteiger partial charge >= 0.3 is 12.2 Å². The fraction of sp³-hybridized carbons (Fsp3) is 0.444. The summed E-state index contributed by atoms with van der Waals surface area (Å²) < 4.78 is 18.6. The first-order valence-corrected chi connectivity index (χ1v) is 17.4. The molecule has 3 aromatic carbocycles. The van der Waals surface area contributed by atoms with Gasteiger partial charge in [-0.3, -0.25) is 0 Å². The predicted molar refractivity (Wildman–Crippen MR) is 180 cm³/mol. The Morgan fingerprint density at radius 3 is 1.75 bits per heavy atom. The number of nitrogens with zero attached hydrogens (tertiary/aromatic N) is 1. The Hall–Kier alpha value is -3.62. The van der Waals surface area contributed by atoms with E-state index in [9.17, 15) is 9.59 Å². The number of rotatable bonds is 12. The van der Waals surface area contributed by atoms with Crippen molar-refractivity contribution in [1.82, 2.24) is 10.2 Å². The van der Waals surface area contributed by atoms with Crippen LogP contribution in [0.15, 0.2) is 91.0 Å². The molecule has 0 aliphatic carbocycles. The molecule has 0 heterocycles. The molecular weight excluding hydrogens is 568 g/mol. The standard InChI is InChI=1S/C36H50N2O5Si/c1-28(2)38(34(40)41-27-29-18-12-9-13-19-29)25-24-30(26-37-33(39)42-35(3,4)5)43-44(36(6,7)8,31-20-14-10-15-21-31)32-22-16-11-17-23-32/h9-23,28,30H,24-27H2,1-8H3,(H,37,39)/t30-/m0/s1. The lowest BCUT2D eigenvalue weighted by molar-refractivity contribution is 0.0480. The van der Waals surface area contributed by atoms with E-state index in [0.717, 1.165) is 15.9 Å². The number of hydrogen-bond donors (Lipinski definition) is 1. The van der Waals surface area contributed by atoms with Crippen LogP contribution in [0.2, 0.25) is 5.04 Å². The summed E-state index contributed by atoms with van der Waals surface area (Å²) in [6.45, 7) is 16.9.